The van der Waals surface area contributed by atoms with Crippen LogP contribution in [0.1, 0.15) is 21.5 Å². The van der Waals surface area contributed by atoms with Gasteiger partial charge in [0, 0.05) is 12.8 Å². The number of rotatable bonds is 6. The van der Waals surface area contributed by atoms with Crippen LogP contribution in [0.5, 0.6) is 0 Å². The highest BCUT2D eigenvalue weighted by atomic mass is 32.1. The number of nitrogens with two attached hydrogens (primary N) is 1. The summed E-state index contributed by atoms with van der Waals surface area (Å²) in [4.78, 5) is 12.4. The lowest BCUT2D eigenvalue weighted by molar-refractivity contribution is 0.0509. The Kier molecular flexibility index (Phi) is 5.46. The van der Waals surface area contributed by atoms with Gasteiger partial charge in [0.05, 0.1) is 17.2 Å². The molecule has 108 valence electrons. The predicted molar refractivity (Wildman–Crippen MR) is 87.4 cm³/mol. The van der Waals surface area contributed by atoms with E-state index in [0.29, 0.717) is 30.0 Å². The van der Waals surface area contributed by atoms with Crippen LogP contribution in [0.3, 0.4) is 0 Å². The SMILES string of the molecule is NC(=S)Cc1cccc(C(=O)OCCc2ccccc2)c1. The van der Waals surface area contributed by atoms with Gasteiger partial charge in [-0.2, -0.15) is 0 Å². The summed E-state index contributed by atoms with van der Waals surface area (Å²) in [5.41, 5.74) is 8.10. The molecule has 0 heterocycles. The van der Waals surface area contributed by atoms with Crippen LogP contribution < -0.4 is 5.73 Å². The minimum Gasteiger partial charge on any atom is -0.462 e. The first-order valence-electron chi connectivity index (χ1n) is 6.73. The molecule has 0 aliphatic carbocycles. The fourth-order valence-corrected chi connectivity index (χ4v) is 2.17. The summed E-state index contributed by atoms with van der Waals surface area (Å²) in [6, 6.07) is 17.1. The van der Waals surface area contributed by atoms with Crippen LogP contribution in [0.15, 0.2) is 54.6 Å². The zero-order valence-corrected chi connectivity index (χ0v) is 12.4. The molecule has 0 unspecified atom stereocenters. The van der Waals surface area contributed by atoms with Crippen molar-refractivity contribution >= 4 is 23.2 Å². The monoisotopic (exact) mass is 299 g/mol. The van der Waals surface area contributed by atoms with E-state index in [0.717, 1.165) is 11.1 Å². The number of benzene rings is 2. The maximum absolute atomic E-state index is 12.0. The highest BCUT2D eigenvalue weighted by Crippen LogP contribution is 2.08. The van der Waals surface area contributed by atoms with Crippen LogP contribution in [0.25, 0.3) is 0 Å². The Morgan fingerprint density at radius 2 is 1.76 bits per heavy atom. The highest BCUT2D eigenvalue weighted by molar-refractivity contribution is 7.80. The smallest absolute Gasteiger partial charge is 0.338 e. The van der Waals surface area contributed by atoms with Crippen molar-refractivity contribution in [1.29, 1.82) is 0 Å². The van der Waals surface area contributed by atoms with E-state index < -0.39 is 0 Å². The van der Waals surface area contributed by atoms with Gasteiger partial charge in [0.15, 0.2) is 0 Å². The first-order valence-corrected chi connectivity index (χ1v) is 7.14. The number of ether oxygens (including phenoxy) is 1. The van der Waals surface area contributed by atoms with Crippen molar-refractivity contribution in [2.24, 2.45) is 5.73 Å². The van der Waals surface area contributed by atoms with Crippen molar-refractivity contribution in [1.82, 2.24) is 0 Å². The molecule has 0 amide bonds. The third-order valence-corrected chi connectivity index (χ3v) is 3.15. The molecule has 0 fully saturated rings. The third-order valence-electron chi connectivity index (χ3n) is 3.01. The van der Waals surface area contributed by atoms with Gasteiger partial charge in [-0.3, -0.25) is 0 Å². The summed E-state index contributed by atoms with van der Waals surface area (Å²) >= 11 is 4.87. The van der Waals surface area contributed by atoms with Crippen LogP contribution in [0.2, 0.25) is 0 Å². The molecule has 0 saturated carbocycles. The van der Waals surface area contributed by atoms with Gasteiger partial charge in [-0.15, -0.1) is 0 Å². The number of carbonyl (C=O) groups excluding carboxylic acids is 1. The normalized spacial score (nSPS) is 10.1. The van der Waals surface area contributed by atoms with E-state index >= 15 is 0 Å². The third kappa shape index (κ3) is 5.00. The molecule has 2 aromatic carbocycles. The summed E-state index contributed by atoms with van der Waals surface area (Å²) in [5, 5.41) is 0. The molecule has 0 spiro atoms. The number of hydrogen-bond acceptors (Lipinski definition) is 3. The molecule has 3 nitrogen and oxygen atoms in total. The Bertz CT molecular complexity index is 626. The minimum atomic E-state index is -0.323. The zero-order chi connectivity index (χ0) is 15.1. The predicted octanol–water partition coefficient (Wildman–Crippen LogP) is 2.91. The standard InChI is InChI=1S/C17H17NO2S/c18-16(21)12-14-7-4-8-15(11-14)17(19)20-10-9-13-5-2-1-3-6-13/h1-8,11H,9-10,12H2,(H2,18,21). The average molecular weight is 299 g/mol. The Balaban J connectivity index is 1.89. The fraction of sp³-hybridized carbons (Fsp3) is 0.176. The number of carbonyl (C=O) groups is 1. The minimum absolute atomic E-state index is 0.323. The molecule has 0 aliphatic rings. The van der Waals surface area contributed by atoms with Gasteiger partial charge < -0.3 is 10.5 Å². The van der Waals surface area contributed by atoms with Crippen LogP contribution >= 0.6 is 12.2 Å². The van der Waals surface area contributed by atoms with Crippen molar-refractivity contribution in [3.63, 3.8) is 0 Å². The summed E-state index contributed by atoms with van der Waals surface area (Å²) in [6.45, 7) is 0.363. The first kappa shape index (κ1) is 15.2. The van der Waals surface area contributed by atoms with Gasteiger partial charge in [0.25, 0.3) is 0 Å². The topological polar surface area (TPSA) is 52.3 Å². The number of thiocarbonyl (C=S) groups is 1. The molecular formula is C17H17NO2S. The van der Waals surface area contributed by atoms with Gasteiger partial charge in [0.2, 0.25) is 0 Å². The van der Waals surface area contributed by atoms with E-state index in [1.165, 1.54) is 0 Å². The van der Waals surface area contributed by atoms with Crippen molar-refractivity contribution in [3.8, 4) is 0 Å². The van der Waals surface area contributed by atoms with E-state index in [4.69, 9.17) is 22.7 Å². The van der Waals surface area contributed by atoms with E-state index in [-0.39, 0.29) is 5.97 Å². The van der Waals surface area contributed by atoms with Gasteiger partial charge in [-0.25, -0.2) is 4.79 Å². The maximum Gasteiger partial charge on any atom is 0.338 e. The summed E-state index contributed by atoms with van der Waals surface area (Å²) in [5.74, 6) is -0.323. The van der Waals surface area contributed by atoms with Crippen molar-refractivity contribution < 1.29 is 9.53 Å². The fourth-order valence-electron chi connectivity index (χ4n) is 2.00. The number of hydrogen-bond donors (Lipinski definition) is 1. The van der Waals surface area contributed by atoms with Gasteiger partial charge in [0.1, 0.15) is 0 Å². The van der Waals surface area contributed by atoms with Gasteiger partial charge in [-0.1, -0.05) is 54.7 Å². The molecule has 0 atom stereocenters. The van der Waals surface area contributed by atoms with E-state index in [1.54, 1.807) is 18.2 Å². The molecule has 2 aromatic rings. The van der Waals surface area contributed by atoms with Crippen molar-refractivity contribution in [2.75, 3.05) is 6.61 Å². The van der Waals surface area contributed by atoms with E-state index in [9.17, 15) is 4.79 Å². The average Bonchev–Trinajstić information content (AvgIpc) is 2.48. The first-order chi connectivity index (χ1) is 10.1. The molecule has 0 saturated heterocycles. The molecule has 21 heavy (non-hydrogen) atoms. The summed E-state index contributed by atoms with van der Waals surface area (Å²) in [7, 11) is 0. The second kappa shape index (κ2) is 7.55. The molecule has 0 aliphatic heterocycles. The van der Waals surface area contributed by atoms with Crippen LogP contribution in [-0.2, 0) is 17.6 Å². The molecule has 0 aromatic heterocycles. The molecule has 2 rings (SSSR count). The molecule has 0 radical (unpaired) electrons. The number of esters is 1. The highest BCUT2D eigenvalue weighted by Gasteiger charge is 2.08. The molecular weight excluding hydrogens is 282 g/mol. The molecule has 4 heteroatoms. The Morgan fingerprint density at radius 1 is 1.05 bits per heavy atom. The van der Waals surface area contributed by atoms with Gasteiger partial charge >= 0.3 is 5.97 Å². The zero-order valence-electron chi connectivity index (χ0n) is 11.6. The molecule has 2 N–H and O–H groups in total. The van der Waals surface area contributed by atoms with Crippen molar-refractivity contribution in [2.45, 2.75) is 12.8 Å². The second-order valence-corrected chi connectivity index (χ2v) is 5.24. The van der Waals surface area contributed by atoms with E-state index in [1.807, 2.05) is 36.4 Å². The van der Waals surface area contributed by atoms with Crippen LogP contribution in [-0.4, -0.2) is 17.6 Å². The Hall–Kier alpha value is -2.20. The second-order valence-electron chi connectivity index (χ2n) is 4.71. The van der Waals surface area contributed by atoms with Gasteiger partial charge in [-0.05, 0) is 23.3 Å². The lowest BCUT2D eigenvalue weighted by Gasteiger charge is -2.06. The molecule has 0 bridgehead atoms. The maximum atomic E-state index is 12.0. The Morgan fingerprint density at radius 3 is 2.48 bits per heavy atom. The largest absolute Gasteiger partial charge is 0.462 e. The van der Waals surface area contributed by atoms with Crippen LogP contribution in [0, 0.1) is 0 Å². The van der Waals surface area contributed by atoms with Crippen molar-refractivity contribution in [3.05, 3.63) is 71.3 Å². The summed E-state index contributed by atoms with van der Waals surface area (Å²) < 4.78 is 5.29. The Labute approximate surface area is 129 Å². The summed E-state index contributed by atoms with van der Waals surface area (Å²) in [6.07, 6.45) is 1.19. The van der Waals surface area contributed by atoms with E-state index in [2.05, 4.69) is 0 Å². The lowest BCUT2D eigenvalue weighted by Crippen LogP contribution is -2.12. The quantitative estimate of drug-likeness (QED) is 0.658. The van der Waals surface area contributed by atoms with Crippen LogP contribution in [0.4, 0.5) is 0 Å². The lowest BCUT2D eigenvalue weighted by atomic mass is 10.1.